The van der Waals surface area contributed by atoms with Crippen molar-refractivity contribution in [3.8, 4) is 0 Å². The molecule has 0 aliphatic carbocycles. The van der Waals surface area contributed by atoms with Crippen molar-refractivity contribution in [2.45, 2.75) is 44.7 Å². The summed E-state index contributed by atoms with van der Waals surface area (Å²) < 4.78 is 0. The molecule has 1 amide bonds. The molecule has 0 radical (unpaired) electrons. The fraction of sp³-hybridized carbons (Fsp3) is 0.500. The first-order valence-corrected chi connectivity index (χ1v) is 7.75. The van der Waals surface area contributed by atoms with Gasteiger partial charge in [-0.2, -0.15) is 0 Å². The lowest BCUT2D eigenvalue weighted by Crippen LogP contribution is -2.51. The van der Waals surface area contributed by atoms with E-state index in [2.05, 4.69) is 17.6 Å². The van der Waals surface area contributed by atoms with Crippen LogP contribution in [0.5, 0.6) is 0 Å². The third-order valence-corrected chi connectivity index (χ3v) is 4.11. The van der Waals surface area contributed by atoms with Gasteiger partial charge in [0.1, 0.15) is 0 Å². The Morgan fingerprint density at radius 3 is 2.59 bits per heavy atom. The number of rotatable bonds is 5. The van der Waals surface area contributed by atoms with Crippen molar-refractivity contribution in [2.75, 3.05) is 6.54 Å². The van der Waals surface area contributed by atoms with E-state index in [9.17, 15) is 9.59 Å². The molecule has 2 unspecified atom stereocenters. The summed E-state index contributed by atoms with van der Waals surface area (Å²) in [6.45, 7) is 3.07. The molecule has 1 aromatic carbocycles. The van der Waals surface area contributed by atoms with Crippen LogP contribution in [0.3, 0.4) is 0 Å². The van der Waals surface area contributed by atoms with Crippen LogP contribution >= 0.6 is 24.0 Å². The van der Waals surface area contributed by atoms with Crippen LogP contribution in [0.4, 0.5) is 0 Å². The highest BCUT2D eigenvalue weighted by Crippen LogP contribution is 2.12. The summed E-state index contributed by atoms with van der Waals surface area (Å²) >= 11 is 5.78. The molecule has 22 heavy (non-hydrogen) atoms. The van der Waals surface area contributed by atoms with Gasteiger partial charge in [-0.15, -0.1) is 12.4 Å². The smallest absolute Gasteiger partial charge is 0.220 e. The van der Waals surface area contributed by atoms with Crippen LogP contribution in [-0.4, -0.2) is 30.3 Å². The van der Waals surface area contributed by atoms with Gasteiger partial charge < -0.3 is 10.6 Å². The van der Waals surface area contributed by atoms with Crippen molar-refractivity contribution in [2.24, 2.45) is 0 Å². The zero-order valence-electron chi connectivity index (χ0n) is 12.6. The summed E-state index contributed by atoms with van der Waals surface area (Å²) in [5, 5.41) is 6.95. The molecule has 6 heteroatoms. The largest absolute Gasteiger partial charge is 0.352 e. The number of nitrogens with one attached hydrogen (secondary N) is 2. The van der Waals surface area contributed by atoms with Crippen molar-refractivity contribution in [1.29, 1.82) is 0 Å². The maximum Gasteiger partial charge on any atom is 0.220 e. The monoisotopic (exact) mass is 344 g/mol. The Hall–Kier alpha value is -1.10. The van der Waals surface area contributed by atoms with Gasteiger partial charge in [-0.25, -0.2) is 0 Å². The van der Waals surface area contributed by atoms with Gasteiger partial charge in [0, 0.05) is 35.5 Å². The quantitative estimate of drug-likeness (QED) is 0.807. The molecule has 0 bridgehead atoms. The SMILES string of the molecule is CC1NCCCC1NC(=O)CCC(=O)c1ccc(Cl)cc1.Cl. The number of carbonyl (C=O) groups is 2. The first-order valence-electron chi connectivity index (χ1n) is 7.38. The zero-order chi connectivity index (χ0) is 15.2. The number of carbonyl (C=O) groups excluding carboxylic acids is 2. The zero-order valence-corrected chi connectivity index (χ0v) is 14.2. The van der Waals surface area contributed by atoms with Gasteiger partial charge in [-0.3, -0.25) is 9.59 Å². The Balaban J connectivity index is 0.00000242. The van der Waals surface area contributed by atoms with Crippen LogP contribution < -0.4 is 10.6 Å². The second-order valence-corrected chi connectivity index (χ2v) is 5.93. The highest BCUT2D eigenvalue weighted by atomic mass is 35.5. The number of benzene rings is 1. The van der Waals surface area contributed by atoms with Crippen LogP contribution in [0.2, 0.25) is 5.02 Å². The standard InChI is InChI=1S/C16H21ClN2O2.ClH/c1-11-14(3-2-10-18-11)19-16(21)9-8-15(20)12-4-6-13(17)7-5-12;/h4-7,11,14,18H,2-3,8-10H2,1H3,(H,19,21);1H. The molecule has 1 aromatic rings. The Kier molecular flexibility index (Phi) is 7.87. The fourth-order valence-electron chi connectivity index (χ4n) is 2.53. The van der Waals surface area contributed by atoms with E-state index in [0.717, 1.165) is 19.4 Å². The van der Waals surface area contributed by atoms with Gasteiger partial charge in [0.05, 0.1) is 0 Å². The van der Waals surface area contributed by atoms with Crippen molar-refractivity contribution in [3.05, 3.63) is 34.9 Å². The number of Topliss-reactive ketones (excluding diaryl/α,β-unsaturated/α-hetero) is 1. The van der Waals surface area contributed by atoms with E-state index in [-0.39, 0.29) is 49.0 Å². The Morgan fingerprint density at radius 1 is 1.27 bits per heavy atom. The topological polar surface area (TPSA) is 58.2 Å². The maximum absolute atomic E-state index is 12.0. The van der Waals surface area contributed by atoms with Crippen molar-refractivity contribution >= 4 is 35.7 Å². The Labute approximate surface area is 142 Å². The molecule has 1 aliphatic rings. The minimum Gasteiger partial charge on any atom is -0.352 e. The van der Waals surface area contributed by atoms with E-state index in [4.69, 9.17) is 11.6 Å². The highest BCUT2D eigenvalue weighted by Gasteiger charge is 2.22. The van der Waals surface area contributed by atoms with Crippen molar-refractivity contribution in [3.63, 3.8) is 0 Å². The van der Waals surface area contributed by atoms with E-state index in [1.165, 1.54) is 0 Å². The first-order chi connectivity index (χ1) is 10.1. The molecule has 1 aliphatic heterocycles. The summed E-state index contributed by atoms with van der Waals surface area (Å²) in [5.41, 5.74) is 0.597. The average Bonchev–Trinajstić information content (AvgIpc) is 2.48. The molecule has 4 nitrogen and oxygen atoms in total. The third kappa shape index (κ3) is 5.59. The highest BCUT2D eigenvalue weighted by molar-refractivity contribution is 6.30. The first kappa shape index (κ1) is 18.9. The molecule has 0 aromatic heterocycles. The van der Waals surface area contributed by atoms with E-state index in [1.807, 2.05) is 0 Å². The summed E-state index contributed by atoms with van der Waals surface area (Å²) in [7, 11) is 0. The van der Waals surface area contributed by atoms with E-state index >= 15 is 0 Å². The van der Waals surface area contributed by atoms with Crippen molar-refractivity contribution < 1.29 is 9.59 Å². The van der Waals surface area contributed by atoms with Gasteiger partial charge in [0.2, 0.25) is 5.91 Å². The second kappa shape index (κ2) is 9.13. The number of hydrogen-bond donors (Lipinski definition) is 2. The summed E-state index contributed by atoms with van der Waals surface area (Å²) in [5.74, 6) is -0.0884. The number of ketones is 1. The minimum absolute atomic E-state index is 0. The van der Waals surface area contributed by atoms with Crippen LogP contribution in [0.1, 0.15) is 43.0 Å². The summed E-state index contributed by atoms with van der Waals surface area (Å²) in [6, 6.07) is 7.20. The van der Waals surface area contributed by atoms with Crippen LogP contribution in [-0.2, 0) is 4.79 Å². The lowest BCUT2D eigenvalue weighted by molar-refractivity contribution is -0.122. The molecule has 2 N–H and O–H groups in total. The molecule has 0 saturated carbocycles. The van der Waals surface area contributed by atoms with Gasteiger partial charge in [0.25, 0.3) is 0 Å². The lowest BCUT2D eigenvalue weighted by atomic mass is 9.99. The summed E-state index contributed by atoms with van der Waals surface area (Å²) in [6.07, 6.45) is 2.51. The molecular formula is C16H22Cl2N2O2. The normalized spacial score (nSPS) is 20.8. The lowest BCUT2D eigenvalue weighted by Gasteiger charge is -2.30. The fourth-order valence-corrected chi connectivity index (χ4v) is 2.65. The van der Waals surface area contributed by atoms with Crippen LogP contribution in [0.15, 0.2) is 24.3 Å². The van der Waals surface area contributed by atoms with Gasteiger partial charge in [0.15, 0.2) is 5.78 Å². The molecule has 2 rings (SSSR count). The van der Waals surface area contributed by atoms with Crippen molar-refractivity contribution in [1.82, 2.24) is 10.6 Å². The summed E-state index contributed by atoms with van der Waals surface area (Å²) in [4.78, 5) is 23.9. The molecule has 122 valence electrons. The molecule has 0 spiro atoms. The number of piperidine rings is 1. The van der Waals surface area contributed by atoms with E-state index < -0.39 is 0 Å². The van der Waals surface area contributed by atoms with Gasteiger partial charge >= 0.3 is 0 Å². The van der Waals surface area contributed by atoms with Crippen LogP contribution in [0.25, 0.3) is 0 Å². The third-order valence-electron chi connectivity index (χ3n) is 3.85. The number of amides is 1. The molecule has 1 fully saturated rings. The maximum atomic E-state index is 12.0. The minimum atomic E-state index is -0.0575. The molecular weight excluding hydrogens is 323 g/mol. The van der Waals surface area contributed by atoms with E-state index in [1.54, 1.807) is 24.3 Å². The van der Waals surface area contributed by atoms with Gasteiger partial charge in [-0.1, -0.05) is 11.6 Å². The predicted octanol–water partition coefficient (Wildman–Crippen LogP) is 2.98. The van der Waals surface area contributed by atoms with E-state index in [0.29, 0.717) is 10.6 Å². The average molecular weight is 345 g/mol. The number of hydrogen-bond acceptors (Lipinski definition) is 3. The second-order valence-electron chi connectivity index (χ2n) is 5.49. The molecule has 2 atom stereocenters. The Bertz CT molecular complexity index is 505. The van der Waals surface area contributed by atoms with Crippen LogP contribution in [0, 0.1) is 0 Å². The number of halogens is 2. The molecule has 1 saturated heterocycles. The Morgan fingerprint density at radius 2 is 1.95 bits per heavy atom. The molecule has 1 heterocycles. The predicted molar refractivity (Wildman–Crippen MR) is 90.9 cm³/mol. The van der Waals surface area contributed by atoms with Gasteiger partial charge in [-0.05, 0) is 50.6 Å².